The van der Waals surface area contributed by atoms with Gasteiger partial charge in [-0.2, -0.15) is 4.98 Å². The number of nitrogens with zero attached hydrogens (tertiary/aromatic N) is 2. The molecule has 0 bridgehead atoms. The minimum absolute atomic E-state index is 0.337. The summed E-state index contributed by atoms with van der Waals surface area (Å²) in [5, 5.41) is 3.79. The SMILES string of the molecule is COc1cc2nc(NCCOc3c(OC)cccc3OC)nc(N)c2cc1OC. The number of hydrogen-bond donors (Lipinski definition) is 2. The minimum atomic E-state index is 0.337. The molecule has 3 aromatic rings. The number of hydrogen-bond acceptors (Lipinski definition) is 9. The first-order valence-electron chi connectivity index (χ1n) is 8.88. The molecule has 0 unspecified atom stereocenters. The topological polar surface area (TPSA) is 110 Å². The van der Waals surface area contributed by atoms with E-state index in [0.29, 0.717) is 64.6 Å². The maximum absolute atomic E-state index is 6.09. The number of nitrogens with two attached hydrogens (primary N) is 1. The Morgan fingerprint density at radius 3 is 2.10 bits per heavy atom. The zero-order valence-electron chi connectivity index (χ0n) is 16.8. The van der Waals surface area contributed by atoms with Gasteiger partial charge in [0.05, 0.1) is 40.5 Å². The fraction of sp³-hybridized carbons (Fsp3) is 0.300. The average molecular weight is 400 g/mol. The lowest BCUT2D eigenvalue weighted by Gasteiger charge is -2.14. The van der Waals surface area contributed by atoms with Crippen LogP contribution in [0.1, 0.15) is 0 Å². The lowest BCUT2D eigenvalue weighted by atomic mass is 10.2. The number of para-hydroxylation sites is 1. The normalized spacial score (nSPS) is 10.5. The number of ether oxygens (including phenoxy) is 5. The second kappa shape index (κ2) is 9.05. The largest absolute Gasteiger partial charge is 0.493 e. The van der Waals surface area contributed by atoms with Crippen molar-refractivity contribution < 1.29 is 23.7 Å². The number of rotatable bonds is 9. The van der Waals surface area contributed by atoms with Gasteiger partial charge in [-0.3, -0.25) is 0 Å². The van der Waals surface area contributed by atoms with Gasteiger partial charge in [-0.1, -0.05) is 6.07 Å². The first kappa shape index (κ1) is 20.1. The summed E-state index contributed by atoms with van der Waals surface area (Å²) in [6, 6.07) is 8.95. The van der Waals surface area contributed by atoms with Gasteiger partial charge in [0.15, 0.2) is 23.0 Å². The maximum atomic E-state index is 6.09. The highest BCUT2D eigenvalue weighted by atomic mass is 16.5. The van der Waals surface area contributed by atoms with Crippen LogP contribution in [0.2, 0.25) is 0 Å². The predicted octanol–water partition coefficient (Wildman–Crippen LogP) is 2.74. The van der Waals surface area contributed by atoms with E-state index in [0.717, 1.165) is 0 Å². The van der Waals surface area contributed by atoms with Crippen LogP contribution >= 0.6 is 0 Å². The van der Waals surface area contributed by atoms with E-state index in [1.165, 1.54) is 0 Å². The van der Waals surface area contributed by atoms with Crippen LogP contribution in [0.4, 0.5) is 11.8 Å². The van der Waals surface area contributed by atoms with Crippen molar-refractivity contribution in [1.82, 2.24) is 9.97 Å². The van der Waals surface area contributed by atoms with Gasteiger partial charge >= 0.3 is 0 Å². The van der Waals surface area contributed by atoms with Crippen molar-refractivity contribution in [3.8, 4) is 28.7 Å². The molecule has 0 saturated heterocycles. The highest BCUT2D eigenvalue weighted by Gasteiger charge is 2.13. The number of fused-ring (bicyclic) bond motifs is 1. The summed E-state index contributed by atoms with van der Waals surface area (Å²) in [5.74, 6) is 3.58. The summed E-state index contributed by atoms with van der Waals surface area (Å²) in [7, 11) is 6.29. The van der Waals surface area contributed by atoms with Crippen LogP contribution in [-0.4, -0.2) is 51.6 Å². The predicted molar refractivity (Wildman–Crippen MR) is 111 cm³/mol. The van der Waals surface area contributed by atoms with Crippen LogP contribution < -0.4 is 34.7 Å². The number of nitrogens with one attached hydrogen (secondary N) is 1. The van der Waals surface area contributed by atoms with Crippen LogP contribution in [0.5, 0.6) is 28.7 Å². The molecule has 0 spiro atoms. The van der Waals surface area contributed by atoms with E-state index < -0.39 is 0 Å². The van der Waals surface area contributed by atoms with Crippen molar-refractivity contribution in [3.05, 3.63) is 30.3 Å². The summed E-state index contributed by atoms with van der Waals surface area (Å²) in [5.41, 5.74) is 6.73. The first-order chi connectivity index (χ1) is 14.1. The van der Waals surface area contributed by atoms with E-state index in [-0.39, 0.29) is 0 Å². The van der Waals surface area contributed by atoms with Gasteiger partial charge in [0.1, 0.15) is 12.4 Å². The lowest BCUT2D eigenvalue weighted by Crippen LogP contribution is -2.14. The van der Waals surface area contributed by atoms with E-state index in [2.05, 4.69) is 15.3 Å². The third-order valence-electron chi connectivity index (χ3n) is 4.24. The fourth-order valence-electron chi connectivity index (χ4n) is 2.83. The van der Waals surface area contributed by atoms with Gasteiger partial charge in [-0.15, -0.1) is 0 Å². The van der Waals surface area contributed by atoms with Crippen molar-refractivity contribution >= 4 is 22.7 Å². The fourth-order valence-corrected chi connectivity index (χ4v) is 2.83. The summed E-state index contributed by atoms with van der Waals surface area (Å²) < 4.78 is 27.1. The molecule has 0 atom stereocenters. The van der Waals surface area contributed by atoms with Crippen LogP contribution in [0.15, 0.2) is 30.3 Å². The van der Waals surface area contributed by atoms with Crippen LogP contribution in [0.25, 0.3) is 10.9 Å². The number of aromatic nitrogens is 2. The second-order valence-corrected chi connectivity index (χ2v) is 5.92. The van der Waals surface area contributed by atoms with Crippen molar-refractivity contribution in [1.29, 1.82) is 0 Å². The molecule has 1 aromatic heterocycles. The molecule has 0 aliphatic rings. The third-order valence-corrected chi connectivity index (χ3v) is 4.24. The molecule has 0 radical (unpaired) electrons. The second-order valence-electron chi connectivity index (χ2n) is 5.92. The summed E-state index contributed by atoms with van der Waals surface area (Å²) in [6.45, 7) is 0.781. The molecule has 9 heteroatoms. The van der Waals surface area contributed by atoms with Crippen molar-refractivity contribution in [2.24, 2.45) is 0 Å². The third kappa shape index (κ3) is 4.29. The van der Waals surface area contributed by atoms with Crippen LogP contribution in [0, 0.1) is 0 Å². The molecule has 0 aliphatic carbocycles. The van der Waals surface area contributed by atoms with E-state index >= 15 is 0 Å². The van der Waals surface area contributed by atoms with E-state index in [9.17, 15) is 0 Å². The molecule has 3 rings (SSSR count). The Kier molecular flexibility index (Phi) is 6.28. The smallest absolute Gasteiger partial charge is 0.225 e. The molecule has 29 heavy (non-hydrogen) atoms. The highest BCUT2D eigenvalue weighted by Crippen LogP contribution is 2.37. The Hall–Kier alpha value is -3.62. The molecule has 154 valence electrons. The van der Waals surface area contributed by atoms with E-state index in [4.69, 9.17) is 29.4 Å². The quantitative estimate of drug-likeness (QED) is 0.524. The molecule has 1 heterocycles. The highest BCUT2D eigenvalue weighted by molar-refractivity contribution is 5.91. The average Bonchev–Trinajstić information content (AvgIpc) is 2.75. The zero-order valence-corrected chi connectivity index (χ0v) is 16.8. The molecule has 0 fully saturated rings. The van der Waals surface area contributed by atoms with Crippen LogP contribution in [0.3, 0.4) is 0 Å². The van der Waals surface area contributed by atoms with Gasteiger partial charge in [0, 0.05) is 11.5 Å². The van der Waals surface area contributed by atoms with Gasteiger partial charge < -0.3 is 34.7 Å². The lowest BCUT2D eigenvalue weighted by molar-refractivity contribution is 0.284. The zero-order chi connectivity index (χ0) is 20.8. The standard InChI is InChI=1S/C20H24N4O5/c1-25-14-6-5-7-15(26-2)18(14)29-9-8-22-20-23-13-11-17(28-4)16(27-3)10-12(13)19(21)24-20/h5-7,10-11H,8-9H2,1-4H3,(H3,21,22,23,24). The van der Waals surface area contributed by atoms with Gasteiger partial charge in [0.25, 0.3) is 0 Å². The van der Waals surface area contributed by atoms with Gasteiger partial charge in [-0.25, -0.2) is 4.98 Å². The molecule has 3 N–H and O–H groups in total. The maximum Gasteiger partial charge on any atom is 0.225 e. The molecular weight excluding hydrogens is 376 g/mol. The first-order valence-corrected chi connectivity index (χ1v) is 8.88. The molecule has 9 nitrogen and oxygen atoms in total. The van der Waals surface area contributed by atoms with Crippen molar-refractivity contribution in [2.75, 3.05) is 52.6 Å². The van der Waals surface area contributed by atoms with Crippen molar-refractivity contribution in [2.45, 2.75) is 0 Å². The number of anilines is 2. The van der Waals surface area contributed by atoms with Gasteiger partial charge in [-0.05, 0) is 18.2 Å². The van der Waals surface area contributed by atoms with Crippen LogP contribution in [-0.2, 0) is 0 Å². The molecule has 0 saturated carbocycles. The Morgan fingerprint density at radius 2 is 1.48 bits per heavy atom. The molecule has 2 aromatic carbocycles. The number of benzene rings is 2. The summed E-state index contributed by atoms with van der Waals surface area (Å²) in [6.07, 6.45) is 0. The Balaban J connectivity index is 1.72. The molecule has 0 amide bonds. The van der Waals surface area contributed by atoms with Gasteiger partial charge in [0.2, 0.25) is 11.7 Å². The number of methoxy groups -OCH3 is 4. The minimum Gasteiger partial charge on any atom is -0.493 e. The molecular formula is C20H24N4O5. The Morgan fingerprint density at radius 1 is 0.862 bits per heavy atom. The Labute approximate surface area is 168 Å². The summed E-state index contributed by atoms with van der Waals surface area (Å²) >= 11 is 0. The monoisotopic (exact) mass is 400 g/mol. The molecule has 0 aliphatic heterocycles. The van der Waals surface area contributed by atoms with E-state index in [1.54, 1.807) is 52.7 Å². The summed E-state index contributed by atoms with van der Waals surface area (Å²) in [4.78, 5) is 8.79. The number of nitrogen functional groups attached to an aromatic ring is 1. The van der Waals surface area contributed by atoms with E-state index in [1.807, 2.05) is 6.07 Å². The van der Waals surface area contributed by atoms with Crippen molar-refractivity contribution in [3.63, 3.8) is 0 Å². The Bertz CT molecular complexity index is 974.